The highest BCUT2D eigenvalue weighted by Gasteiger charge is 2.25. The Morgan fingerprint density at radius 3 is 2.95 bits per heavy atom. The fourth-order valence-corrected chi connectivity index (χ4v) is 2.69. The second-order valence-corrected chi connectivity index (χ2v) is 5.50. The average Bonchev–Trinajstić information content (AvgIpc) is 3.16. The van der Waals surface area contributed by atoms with E-state index in [4.69, 9.17) is 10.00 Å². The zero-order chi connectivity index (χ0) is 15.0. The molecule has 0 fully saturated rings. The van der Waals surface area contributed by atoms with Crippen molar-refractivity contribution in [2.45, 2.75) is 6.92 Å². The predicted molar refractivity (Wildman–Crippen MR) is 79.8 cm³/mol. The first-order valence-corrected chi connectivity index (χ1v) is 7.11. The summed E-state index contributed by atoms with van der Waals surface area (Å²) in [5.74, 6) is -0.143. The Morgan fingerprint density at radius 1 is 1.52 bits per heavy atom. The van der Waals surface area contributed by atoms with E-state index in [0.29, 0.717) is 11.6 Å². The number of rotatable bonds is 2. The fourth-order valence-electron chi connectivity index (χ4n) is 2.04. The van der Waals surface area contributed by atoms with Crippen molar-refractivity contribution in [2.24, 2.45) is 12.0 Å². The minimum atomic E-state index is -0.472. The third-order valence-electron chi connectivity index (χ3n) is 3.33. The van der Waals surface area contributed by atoms with Gasteiger partial charge in [-0.25, -0.2) is 9.79 Å². The van der Waals surface area contributed by atoms with Gasteiger partial charge in [0.25, 0.3) is 0 Å². The van der Waals surface area contributed by atoms with E-state index in [-0.39, 0.29) is 5.70 Å². The first kappa shape index (κ1) is 13.3. The molecule has 3 heterocycles. The molecule has 0 radical (unpaired) electrons. The molecule has 2 aromatic heterocycles. The zero-order valence-electron chi connectivity index (χ0n) is 11.5. The van der Waals surface area contributed by atoms with Crippen LogP contribution in [0.15, 0.2) is 34.3 Å². The summed E-state index contributed by atoms with van der Waals surface area (Å²) >= 11 is 1.46. The van der Waals surface area contributed by atoms with Crippen LogP contribution in [0, 0.1) is 18.3 Å². The highest BCUT2D eigenvalue weighted by Crippen LogP contribution is 2.23. The lowest BCUT2D eigenvalue weighted by Crippen LogP contribution is -2.03. The van der Waals surface area contributed by atoms with E-state index in [9.17, 15) is 4.79 Å². The van der Waals surface area contributed by atoms with Crippen LogP contribution in [0.2, 0.25) is 0 Å². The number of nitrogens with zero attached hydrogens (tertiary/aromatic N) is 3. The Kier molecular flexibility index (Phi) is 3.20. The molecule has 2 aromatic rings. The van der Waals surface area contributed by atoms with Gasteiger partial charge in [0.1, 0.15) is 11.8 Å². The number of hydrogen-bond acceptors (Lipinski definition) is 5. The predicted octanol–water partition coefficient (Wildman–Crippen LogP) is 2.61. The van der Waals surface area contributed by atoms with E-state index >= 15 is 0 Å². The van der Waals surface area contributed by atoms with E-state index in [1.807, 2.05) is 31.5 Å². The van der Waals surface area contributed by atoms with E-state index in [2.05, 4.69) is 11.1 Å². The maximum atomic E-state index is 11.9. The maximum absolute atomic E-state index is 11.9. The van der Waals surface area contributed by atoms with Crippen LogP contribution in [0.5, 0.6) is 0 Å². The zero-order valence-corrected chi connectivity index (χ0v) is 12.3. The maximum Gasteiger partial charge on any atom is 0.363 e. The smallest absolute Gasteiger partial charge is 0.363 e. The van der Waals surface area contributed by atoms with Crippen molar-refractivity contribution in [3.8, 4) is 6.07 Å². The number of aromatic nitrogens is 1. The molecule has 0 amide bonds. The minimum Gasteiger partial charge on any atom is -0.401 e. The third-order valence-corrected chi connectivity index (χ3v) is 4.19. The summed E-state index contributed by atoms with van der Waals surface area (Å²) < 4.78 is 6.95. The Hall–Kier alpha value is -2.65. The van der Waals surface area contributed by atoms with Crippen LogP contribution in [-0.2, 0) is 16.6 Å². The van der Waals surface area contributed by atoms with Gasteiger partial charge in [-0.05, 0) is 36.1 Å². The second kappa shape index (κ2) is 5.04. The molecule has 104 valence electrons. The van der Waals surface area contributed by atoms with Crippen molar-refractivity contribution in [1.82, 2.24) is 4.57 Å². The Bertz CT molecular complexity index is 820. The van der Waals surface area contributed by atoms with E-state index in [1.165, 1.54) is 11.3 Å². The van der Waals surface area contributed by atoms with Gasteiger partial charge >= 0.3 is 5.97 Å². The van der Waals surface area contributed by atoms with Crippen molar-refractivity contribution >= 4 is 29.3 Å². The molecule has 0 saturated heterocycles. The quantitative estimate of drug-likeness (QED) is 0.632. The second-order valence-electron chi connectivity index (χ2n) is 4.55. The van der Waals surface area contributed by atoms with Crippen molar-refractivity contribution < 1.29 is 9.53 Å². The van der Waals surface area contributed by atoms with Crippen molar-refractivity contribution in [2.75, 3.05) is 0 Å². The van der Waals surface area contributed by atoms with Crippen LogP contribution in [0.25, 0.3) is 6.08 Å². The summed E-state index contributed by atoms with van der Waals surface area (Å²) in [6, 6.07) is 7.56. The fraction of sp³-hybridized carbons (Fsp3) is 0.133. The van der Waals surface area contributed by atoms with Gasteiger partial charge in [0.15, 0.2) is 5.70 Å². The topological polar surface area (TPSA) is 67.4 Å². The lowest BCUT2D eigenvalue weighted by molar-refractivity contribution is -0.129. The summed E-state index contributed by atoms with van der Waals surface area (Å²) in [4.78, 5) is 16.9. The molecule has 0 unspecified atom stereocenters. The number of aliphatic imine (C=N–C) groups is 1. The van der Waals surface area contributed by atoms with E-state index in [0.717, 1.165) is 16.1 Å². The van der Waals surface area contributed by atoms with Gasteiger partial charge < -0.3 is 9.30 Å². The molecule has 0 aromatic carbocycles. The molecular formula is C15H11N3O2S. The van der Waals surface area contributed by atoms with Gasteiger partial charge in [0, 0.05) is 12.7 Å². The number of nitriles is 1. The van der Waals surface area contributed by atoms with Crippen molar-refractivity contribution in [3.05, 3.63) is 51.1 Å². The summed E-state index contributed by atoms with van der Waals surface area (Å²) in [6.07, 6.45) is 1.65. The van der Waals surface area contributed by atoms with E-state index < -0.39 is 5.97 Å². The molecule has 6 heteroatoms. The average molecular weight is 297 g/mol. The van der Waals surface area contributed by atoms with Crippen LogP contribution in [0.3, 0.4) is 0 Å². The molecular weight excluding hydrogens is 286 g/mol. The molecule has 3 rings (SSSR count). The van der Waals surface area contributed by atoms with Crippen LogP contribution in [0.1, 0.15) is 21.8 Å². The van der Waals surface area contributed by atoms with Crippen LogP contribution < -0.4 is 0 Å². The van der Waals surface area contributed by atoms with Gasteiger partial charge in [0.05, 0.1) is 4.88 Å². The summed E-state index contributed by atoms with van der Waals surface area (Å²) in [6.45, 7) is 1.89. The molecule has 1 aliphatic heterocycles. The number of thiophene rings is 1. The van der Waals surface area contributed by atoms with Crippen molar-refractivity contribution in [3.63, 3.8) is 0 Å². The van der Waals surface area contributed by atoms with Gasteiger partial charge in [-0.15, -0.1) is 11.3 Å². The molecule has 0 aliphatic carbocycles. The first-order chi connectivity index (χ1) is 10.1. The standard InChI is InChI=1S/C15H11N3O2S/c1-9-10(6-11(8-16)18(9)2)7-12-15(19)20-14(17-12)13-4-3-5-21-13/h3-7H,1-2H3/b12-7-. The first-order valence-electron chi connectivity index (χ1n) is 6.23. The van der Waals surface area contributed by atoms with Crippen LogP contribution >= 0.6 is 11.3 Å². The van der Waals surface area contributed by atoms with Gasteiger partial charge in [-0.3, -0.25) is 0 Å². The summed E-state index contributed by atoms with van der Waals surface area (Å²) in [7, 11) is 1.81. The molecule has 0 bridgehead atoms. The van der Waals surface area contributed by atoms with Crippen LogP contribution in [-0.4, -0.2) is 16.4 Å². The number of carbonyl (C=O) groups is 1. The Labute approximate surface area is 125 Å². The Balaban J connectivity index is 2.01. The van der Waals surface area contributed by atoms with Crippen molar-refractivity contribution in [1.29, 1.82) is 5.26 Å². The van der Waals surface area contributed by atoms with Crippen LogP contribution in [0.4, 0.5) is 0 Å². The minimum absolute atomic E-state index is 0.247. The van der Waals surface area contributed by atoms with Gasteiger partial charge in [-0.2, -0.15) is 5.26 Å². The lowest BCUT2D eigenvalue weighted by Gasteiger charge is -1.97. The largest absolute Gasteiger partial charge is 0.401 e. The lowest BCUT2D eigenvalue weighted by atomic mass is 10.2. The molecule has 1 aliphatic rings. The van der Waals surface area contributed by atoms with E-state index in [1.54, 1.807) is 16.7 Å². The number of esters is 1. The molecule has 21 heavy (non-hydrogen) atoms. The molecule has 0 atom stereocenters. The summed E-state index contributed by atoms with van der Waals surface area (Å²) in [5, 5.41) is 10.9. The molecule has 0 saturated carbocycles. The van der Waals surface area contributed by atoms with Gasteiger partial charge in [-0.1, -0.05) is 6.07 Å². The SMILES string of the molecule is Cc1c(/C=C2\N=C(c3cccs3)OC2=O)cc(C#N)n1C. The van der Waals surface area contributed by atoms with Gasteiger partial charge in [0.2, 0.25) is 5.90 Å². The molecule has 0 N–H and O–H groups in total. The monoisotopic (exact) mass is 297 g/mol. The number of cyclic esters (lactones) is 1. The molecule has 5 nitrogen and oxygen atoms in total. The highest BCUT2D eigenvalue weighted by molar-refractivity contribution is 7.12. The third kappa shape index (κ3) is 2.28. The number of hydrogen-bond donors (Lipinski definition) is 0. The molecule has 0 spiro atoms. The number of ether oxygens (including phenoxy) is 1. The summed E-state index contributed by atoms with van der Waals surface area (Å²) in [5.41, 5.74) is 2.47. The highest BCUT2D eigenvalue weighted by atomic mass is 32.1. The Morgan fingerprint density at radius 2 is 2.33 bits per heavy atom. The number of carbonyl (C=O) groups excluding carboxylic acids is 1. The normalized spacial score (nSPS) is 16.0.